The molecule has 150 valence electrons. The van der Waals surface area contributed by atoms with E-state index in [0.717, 1.165) is 16.9 Å². The Bertz CT molecular complexity index is 1450. The number of benzene rings is 1. The molecule has 0 amide bonds. The summed E-state index contributed by atoms with van der Waals surface area (Å²) < 4.78 is 15.5. The number of rotatable bonds is 4. The SMILES string of the molecule is Cc1csc2nc(C(C)Nc3ccnc4nc[nH]c34)c(-c3cccc(F)c3)c(=O)n12. The summed E-state index contributed by atoms with van der Waals surface area (Å²) in [6.07, 6.45) is 3.25. The van der Waals surface area contributed by atoms with Gasteiger partial charge in [0.15, 0.2) is 10.6 Å². The molecule has 7 nitrogen and oxygen atoms in total. The van der Waals surface area contributed by atoms with Gasteiger partial charge in [-0.15, -0.1) is 11.3 Å². The maximum absolute atomic E-state index is 14.0. The van der Waals surface area contributed by atoms with E-state index in [0.29, 0.717) is 27.4 Å². The summed E-state index contributed by atoms with van der Waals surface area (Å²) in [6, 6.07) is 7.54. The number of aryl methyl sites for hydroxylation is 1. The molecule has 0 aliphatic rings. The molecule has 30 heavy (non-hydrogen) atoms. The van der Waals surface area contributed by atoms with Gasteiger partial charge >= 0.3 is 0 Å². The highest BCUT2D eigenvalue weighted by Crippen LogP contribution is 2.30. The molecule has 9 heteroatoms. The third-order valence-electron chi connectivity index (χ3n) is 4.99. The van der Waals surface area contributed by atoms with Crippen LogP contribution in [0, 0.1) is 12.7 Å². The van der Waals surface area contributed by atoms with Crippen molar-refractivity contribution in [2.24, 2.45) is 0 Å². The molecule has 4 aromatic heterocycles. The number of halogens is 1. The van der Waals surface area contributed by atoms with Crippen LogP contribution in [0.1, 0.15) is 24.4 Å². The first-order valence-electron chi connectivity index (χ1n) is 9.34. The van der Waals surface area contributed by atoms with Crippen molar-refractivity contribution in [1.82, 2.24) is 24.3 Å². The summed E-state index contributed by atoms with van der Waals surface area (Å²) in [4.78, 5) is 30.3. The Balaban J connectivity index is 1.70. The maximum Gasteiger partial charge on any atom is 0.266 e. The lowest BCUT2D eigenvalue weighted by Crippen LogP contribution is -2.22. The monoisotopic (exact) mass is 420 g/mol. The molecule has 1 unspecified atom stereocenters. The number of pyridine rings is 1. The molecule has 1 atom stereocenters. The molecule has 0 aliphatic heterocycles. The van der Waals surface area contributed by atoms with Crippen LogP contribution < -0.4 is 10.9 Å². The summed E-state index contributed by atoms with van der Waals surface area (Å²) in [5, 5.41) is 5.29. The molecule has 1 aromatic carbocycles. The van der Waals surface area contributed by atoms with E-state index in [4.69, 9.17) is 4.98 Å². The summed E-state index contributed by atoms with van der Waals surface area (Å²) in [5.41, 5.74) is 4.16. The molecule has 0 radical (unpaired) electrons. The highest BCUT2D eigenvalue weighted by atomic mass is 32.1. The van der Waals surface area contributed by atoms with Gasteiger partial charge in [0.2, 0.25) is 0 Å². The average molecular weight is 420 g/mol. The van der Waals surface area contributed by atoms with Gasteiger partial charge in [0.25, 0.3) is 5.56 Å². The largest absolute Gasteiger partial charge is 0.375 e. The van der Waals surface area contributed by atoms with Crippen LogP contribution in [-0.2, 0) is 0 Å². The third kappa shape index (κ3) is 2.94. The lowest BCUT2D eigenvalue weighted by Gasteiger charge is -2.18. The number of aromatic amines is 1. The van der Waals surface area contributed by atoms with Crippen molar-refractivity contribution >= 4 is 33.1 Å². The first kappa shape index (κ1) is 18.4. The fourth-order valence-electron chi connectivity index (χ4n) is 3.60. The number of anilines is 1. The van der Waals surface area contributed by atoms with Gasteiger partial charge in [-0.3, -0.25) is 9.20 Å². The van der Waals surface area contributed by atoms with E-state index in [9.17, 15) is 9.18 Å². The van der Waals surface area contributed by atoms with Gasteiger partial charge in [0.1, 0.15) is 11.3 Å². The zero-order chi connectivity index (χ0) is 20.8. The molecular weight excluding hydrogens is 403 g/mol. The predicted octanol–water partition coefficient (Wildman–Crippen LogP) is 4.31. The van der Waals surface area contributed by atoms with Gasteiger partial charge in [-0.05, 0) is 37.6 Å². The maximum atomic E-state index is 14.0. The molecule has 0 saturated carbocycles. The third-order valence-corrected chi connectivity index (χ3v) is 5.93. The van der Waals surface area contributed by atoms with Crippen LogP contribution in [0.15, 0.2) is 53.0 Å². The summed E-state index contributed by atoms with van der Waals surface area (Å²) in [7, 11) is 0. The predicted molar refractivity (Wildman–Crippen MR) is 115 cm³/mol. The molecule has 0 bridgehead atoms. The zero-order valence-electron chi connectivity index (χ0n) is 16.2. The summed E-state index contributed by atoms with van der Waals surface area (Å²) in [6.45, 7) is 3.78. The first-order valence-corrected chi connectivity index (χ1v) is 10.2. The van der Waals surface area contributed by atoms with Crippen LogP contribution >= 0.6 is 11.3 Å². The minimum atomic E-state index is -0.404. The van der Waals surface area contributed by atoms with Crippen LogP contribution in [0.3, 0.4) is 0 Å². The second kappa shape index (κ2) is 7.03. The van der Waals surface area contributed by atoms with E-state index in [1.807, 2.05) is 25.3 Å². The summed E-state index contributed by atoms with van der Waals surface area (Å²) >= 11 is 1.40. The fraction of sp³-hybridized carbons (Fsp3) is 0.143. The van der Waals surface area contributed by atoms with E-state index >= 15 is 0 Å². The highest BCUT2D eigenvalue weighted by molar-refractivity contribution is 7.15. The lowest BCUT2D eigenvalue weighted by atomic mass is 10.0. The van der Waals surface area contributed by atoms with Crippen molar-refractivity contribution in [2.75, 3.05) is 5.32 Å². The number of nitrogens with one attached hydrogen (secondary N) is 2. The zero-order valence-corrected chi connectivity index (χ0v) is 17.0. The number of aromatic nitrogens is 5. The number of hydrogen-bond donors (Lipinski definition) is 2. The summed E-state index contributed by atoms with van der Waals surface area (Å²) in [5.74, 6) is -0.404. The number of imidazole rings is 1. The molecule has 0 spiro atoms. The number of fused-ring (bicyclic) bond motifs is 2. The lowest BCUT2D eigenvalue weighted by molar-refractivity contribution is 0.628. The van der Waals surface area contributed by atoms with Crippen LogP contribution in [0.25, 0.3) is 27.3 Å². The van der Waals surface area contributed by atoms with E-state index < -0.39 is 5.82 Å². The number of thiazole rings is 1. The quantitative estimate of drug-likeness (QED) is 0.452. The van der Waals surface area contributed by atoms with Crippen LogP contribution in [0.5, 0.6) is 0 Å². The van der Waals surface area contributed by atoms with Gasteiger partial charge in [-0.25, -0.2) is 19.3 Å². The Kier molecular flexibility index (Phi) is 4.32. The van der Waals surface area contributed by atoms with Crippen molar-refractivity contribution in [2.45, 2.75) is 19.9 Å². The van der Waals surface area contributed by atoms with Gasteiger partial charge in [0, 0.05) is 17.3 Å². The van der Waals surface area contributed by atoms with Crippen LogP contribution in [0.4, 0.5) is 10.1 Å². The van der Waals surface area contributed by atoms with Gasteiger partial charge in [0.05, 0.1) is 29.3 Å². The van der Waals surface area contributed by atoms with Crippen molar-refractivity contribution in [3.63, 3.8) is 0 Å². The highest BCUT2D eigenvalue weighted by Gasteiger charge is 2.22. The van der Waals surface area contributed by atoms with Gasteiger partial charge < -0.3 is 10.3 Å². The van der Waals surface area contributed by atoms with Crippen molar-refractivity contribution in [3.05, 3.63) is 75.8 Å². The number of H-pyrrole nitrogens is 1. The Morgan fingerprint density at radius 2 is 2.13 bits per heavy atom. The van der Waals surface area contributed by atoms with Gasteiger partial charge in [-0.1, -0.05) is 12.1 Å². The van der Waals surface area contributed by atoms with Crippen molar-refractivity contribution in [1.29, 1.82) is 0 Å². The molecule has 0 fully saturated rings. The first-order chi connectivity index (χ1) is 14.5. The Morgan fingerprint density at radius 1 is 1.27 bits per heavy atom. The van der Waals surface area contributed by atoms with Crippen LogP contribution in [0.2, 0.25) is 0 Å². The molecule has 5 rings (SSSR count). The van der Waals surface area contributed by atoms with Crippen molar-refractivity contribution < 1.29 is 4.39 Å². The second-order valence-electron chi connectivity index (χ2n) is 7.01. The number of hydrogen-bond acceptors (Lipinski definition) is 6. The topological polar surface area (TPSA) is 88.0 Å². The minimum absolute atomic E-state index is 0.214. The molecule has 2 N–H and O–H groups in total. The minimum Gasteiger partial charge on any atom is -0.375 e. The second-order valence-corrected chi connectivity index (χ2v) is 7.84. The molecule has 0 aliphatic carbocycles. The van der Waals surface area contributed by atoms with Gasteiger partial charge in [-0.2, -0.15) is 0 Å². The van der Waals surface area contributed by atoms with E-state index in [1.54, 1.807) is 29.1 Å². The molecule has 0 saturated heterocycles. The molecule has 4 heterocycles. The molecule has 5 aromatic rings. The Hall–Kier alpha value is -3.59. The van der Waals surface area contributed by atoms with E-state index in [1.165, 1.54) is 23.5 Å². The van der Waals surface area contributed by atoms with E-state index in [2.05, 4.69) is 20.3 Å². The standard InChI is InChI=1S/C21H17FN6OS/c1-11-9-30-21-27-17(12(2)26-15-6-7-23-19-18(15)24-10-25-19)16(20(29)28(11)21)13-4-3-5-14(22)8-13/h3-10,12H,1-2H3,(H2,23,24,25,26). The van der Waals surface area contributed by atoms with E-state index in [-0.39, 0.29) is 11.6 Å². The Morgan fingerprint density at radius 3 is 2.97 bits per heavy atom. The number of nitrogens with zero attached hydrogens (tertiary/aromatic N) is 4. The molecular formula is C21H17FN6OS. The van der Waals surface area contributed by atoms with Crippen LogP contribution in [-0.4, -0.2) is 24.3 Å². The average Bonchev–Trinajstić information content (AvgIpc) is 3.35. The smallest absolute Gasteiger partial charge is 0.266 e. The Labute approximate surface area is 174 Å². The normalized spacial score (nSPS) is 12.5. The fourth-order valence-corrected chi connectivity index (χ4v) is 4.46. The van der Waals surface area contributed by atoms with Crippen molar-refractivity contribution in [3.8, 4) is 11.1 Å².